The van der Waals surface area contributed by atoms with E-state index in [1.165, 1.54) is 31.7 Å². The molecule has 0 aromatic heterocycles. The molecule has 0 radical (unpaired) electrons. The molecule has 108 valence electrons. The van der Waals surface area contributed by atoms with E-state index in [0.29, 0.717) is 23.1 Å². The van der Waals surface area contributed by atoms with Gasteiger partial charge in [-0.1, -0.05) is 0 Å². The second-order valence-electron chi connectivity index (χ2n) is 5.98. The standard InChI is InChI=1S/C16H21NO3/c1-20-13-6-7-15(18)14(8-13)16(19)17(9-11-2-3-11)10-12-4-5-12/h6-8,11-12,18H,2-5,9-10H2,1H3. The summed E-state index contributed by atoms with van der Waals surface area (Å²) in [5.41, 5.74) is 0.352. The molecule has 0 bridgehead atoms. The highest BCUT2D eigenvalue weighted by atomic mass is 16.5. The van der Waals surface area contributed by atoms with Crippen LogP contribution in [0.1, 0.15) is 36.0 Å². The number of hydrogen-bond acceptors (Lipinski definition) is 3. The number of benzene rings is 1. The Morgan fingerprint density at radius 1 is 1.25 bits per heavy atom. The van der Waals surface area contributed by atoms with Crippen LogP contribution < -0.4 is 4.74 Å². The first kappa shape index (κ1) is 13.3. The maximum absolute atomic E-state index is 12.7. The summed E-state index contributed by atoms with van der Waals surface area (Å²) in [5, 5.41) is 9.95. The molecule has 4 heteroatoms. The summed E-state index contributed by atoms with van der Waals surface area (Å²) in [7, 11) is 1.56. The van der Waals surface area contributed by atoms with Crippen molar-refractivity contribution in [3.63, 3.8) is 0 Å². The van der Waals surface area contributed by atoms with E-state index in [1.54, 1.807) is 19.2 Å². The van der Waals surface area contributed by atoms with Crippen molar-refractivity contribution in [2.24, 2.45) is 11.8 Å². The van der Waals surface area contributed by atoms with Crippen LogP contribution in [-0.4, -0.2) is 36.1 Å². The van der Waals surface area contributed by atoms with Crippen LogP contribution in [0.5, 0.6) is 11.5 Å². The lowest BCUT2D eigenvalue weighted by Gasteiger charge is -2.23. The topological polar surface area (TPSA) is 49.8 Å². The number of phenolic OH excluding ortho intramolecular Hbond substituents is 1. The number of carbonyl (C=O) groups excluding carboxylic acids is 1. The van der Waals surface area contributed by atoms with Crippen molar-refractivity contribution in [1.29, 1.82) is 0 Å². The molecule has 2 saturated carbocycles. The average molecular weight is 275 g/mol. The summed E-state index contributed by atoms with van der Waals surface area (Å²) >= 11 is 0. The lowest BCUT2D eigenvalue weighted by atomic mass is 10.1. The molecular weight excluding hydrogens is 254 g/mol. The molecule has 0 heterocycles. The van der Waals surface area contributed by atoms with E-state index in [-0.39, 0.29) is 11.7 Å². The van der Waals surface area contributed by atoms with E-state index in [4.69, 9.17) is 4.74 Å². The minimum atomic E-state index is -0.0693. The van der Waals surface area contributed by atoms with Gasteiger partial charge in [-0.2, -0.15) is 0 Å². The molecule has 0 saturated heterocycles. The SMILES string of the molecule is COc1ccc(O)c(C(=O)N(CC2CC2)CC2CC2)c1. The fraction of sp³-hybridized carbons (Fsp3) is 0.562. The largest absolute Gasteiger partial charge is 0.507 e. The molecule has 20 heavy (non-hydrogen) atoms. The smallest absolute Gasteiger partial charge is 0.257 e. The van der Waals surface area contributed by atoms with Crippen molar-refractivity contribution in [2.75, 3.05) is 20.2 Å². The molecule has 2 fully saturated rings. The summed E-state index contributed by atoms with van der Waals surface area (Å²) < 4.78 is 5.14. The van der Waals surface area contributed by atoms with Gasteiger partial charge in [-0.25, -0.2) is 0 Å². The molecule has 2 aliphatic rings. The van der Waals surface area contributed by atoms with Gasteiger partial charge in [-0.05, 0) is 55.7 Å². The Morgan fingerprint density at radius 3 is 2.35 bits per heavy atom. The van der Waals surface area contributed by atoms with Crippen LogP contribution in [0, 0.1) is 11.8 Å². The average Bonchev–Trinajstić information content (AvgIpc) is 3.33. The molecule has 1 aromatic rings. The van der Waals surface area contributed by atoms with Crippen molar-refractivity contribution in [2.45, 2.75) is 25.7 Å². The fourth-order valence-electron chi connectivity index (χ4n) is 2.45. The van der Waals surface area contributed by atoms with Crippen molar-refractivity contribution < 1.29 is 14.6 Å². The molecule has 0 spiro atoms. The van der Waals surface area contributed by atoms with Gasteiger partial charge in [0.05, 0.1) is 12.7 Å². The van der Waals surface area contributed by atoms with Crippen molar-refractivity contribution in [3.8, 4) is 11.5 Å². The van der Waals surface area contributed by atoms with Crippen molar-refractivity contribution >= 4 is 5.91 Å². The van der Waals surface area contributed by atoms with Gasteiger partial charge in [0.1, 0.15) is 11.5 Å². The number of amides is 1. The summed E-state index contributed by atoms with van der Waals surface area (Å²) in [6, 6.07) is 4.82. The zero-order chi connectivity index (χ0) is 14.1. The van der Waals surface area contributed by atoms with Crippen molar-refractivity contribution in [3.05, 3.63) is 23.8 Å². The van der Waals surface area contributed by atoms with E-state index in [0.717, 1.165) is 13.1 Å². The molecule has 1 N–H and O–H groups in total. The van der Waals surface area contributed by atoms with E-state index in [1.807, 2.05) is 4.90 Å². The molecule has 4 nitrogen and oxygen atoms in total. The zero-order valence-corrected chi connectivity index (χ0v) is 11.8. The maximum atomic E-state index is 12.7. The first-order chi connectivity index (χ1) is 9.67. The van der Waals surface area contributed by atoms with Gasteiger partial charge in [-0.3, -0.25) is 4.79 Å². The Hall–Kier alpha value is -1.71. The molecule has 0 atom stereocenters. The van der Waals surface area contributed by atoms with Gasteiger partial charge in [-0.15, -0.1) is 0 Å². The third-order valence-electron chi connectivity index (χ3n) is 4.07. The van der Waals surface area contributed by atoms with Gasteiger partial charge in [0, 0.05) is 13.1 Å². The Kier molecular flexibility index (Phi) is 3.55. The van der Waals surface area contributed by atoms with Gasteiger partial charge in [0.2, 0.25) is 0 Å². The van der Waals surface area contributed by atoms with Crippen LogP contribution in [-0.2, 0) is 0 Å². The van der Waals surface area contributed by atoms with E-state index in [2.05, 4.69) is 0 Å². The maximum Gasteiger partial charge on any atom is 0.257 e. The van der Waals surface area contributed by atoms with Gasteiger partial charge in [0.15, 0.2) is 0 Å². The Labute approximate surface area is 119 Å². The minimum Gasteiger partial charge on any atom is -0.507 e. The second kappa shape index (κ2) is 5.35. The van der Waals surface area contributed by atoms with Gasteiger partial charge >= 0.3 is 0 Å². The number of carbonyl (C=O) groups is 1. The Morgan fingerprint density at radius 2 is 1.85 bits per heavy atom. The minimum absolute atomic E-state index is 0.0346. The molecule has 3 rings (SSSR count). The van der Waals surface area contributed by atoms with E-state index < -0.39 is 0 Å². The summed E-state index contributed by atoms with van der Waals surface area (Å²) in [4.78, 5) is 14.6. The fourth-order valence-corrected chi connectivity index (χ4v) is 2.45. The van der Waals surface area contributed by atoms with Crippen LogP contribution in [0.2, 0.25) is 0 Å². The highest BCUT2D eigenvalue weighted by molar-refractivity contribution is 5.97. The predicted octanol–water partition coefficient (Wildman–Crippen LogP) is 2.66. The van der Waals surface area contributed by atoms with Crippen LogP contribution in [0.4, 0.5) is 0 Å². The van der Waals surface area contributed by atoms with Crippen LogP contribution in [0.15, 0.2) is 18.2 Å². The number of phenols is 1. The molecular formula is C16H21NO3. The summed E-state index contributed by atoms with van der Waals surface area (Å²) in [6.07, 6.45) is 4.88. The molecule has 0 unspecified atom stereocenters. The Bertz CT molecular complexity index is 492. The lowest BCUT2D eigenvalue weighted by Crippen LogP contribution is -2.34. The number of nitrogens with zero attached hydrogens (tertiary/aromatic N) is 1. The van der Waals surface area contributed by atoms with Crippen LogP contribution in [0.25, 0.3) is 0 Å². The number of methoxy groups -OCH3 is 1. The molecule has 2 aliphatic carbocycles. The number of hydrogen-bond donors (Lipinski definition) is 1. The molecule has 0 aliphatic heterocycles. The van der Waals surface area contributed by atoms with Gasteiger partial charge < -0.3 is 14.7 Å². The van der Waals surface area contributed by atoms with Crippen LogP contribution in [0.3, 0.4) is 0 Å². The van der Waals surface area contributed by atoms with Crippen molar-refractivity contribution in [1.82, 2.24) is 4.90 Å². The number of rotatable bonds is 6. The Balaban J connectivity index is 1.79. The van der Waals surface area contributed by atoms with E-state index in [9.17, 15) is 9.90 Å². The third-order valence-corrected chi connectivity index (χ3v) is 4.07. The normalized spacial score (nSPS) is 17.9. The van der Waals surface area contributed by atoms with Crippen LogP contribution >= 0.6 is 0 Å². The monoisotopic (exact) mass is 275 g/mol. The molecule has 1 aromatic carbocycles. The summed E-state index contributed by atoms with van der Waals surface area (Å²) in [5.74, 6) is 1.88. The number of ether oxygens (including phenoxy) is 1. The second-order valence-corrected chi connectivity index (χ2v) is 5.98. The number of aromatic hydroxyl groups is 1. The lowest BCUT2D eigenvalue weighted by molar-refractivity contribution is 0.0736. The van der Waals surface area contributed by atoms with E-state index >= 15 is 0 Å². The third kappa shape index (κ3) is 3.06. The molecule has 1 amide bonds. The first-order valence-corrected chi connectivity index (χ1v) is 7.33. The highest BCUT2D eigenvalue weighted by Gasteiger charge is 2.32. The first-order valence-electron chi connectivity index (χ1n) is 7.33. The van der Waals surface area contributed by atoms with Gasteiger partial charge in [0.25, 0.3) is 5.91 Å². The quantitative estimate of drug-likeness (QED) is 0.868. The summed E-state index contributed by atoms with van der Waals surface area (Å²) in [6.45, 7) is 1.65. The predicted molar refractivity (Wildman–Crippen MR) is 76.0 cm³/mol. The zero-order valence-electron chi connectivity index (χ0n) is 11.8. The highest BCUT2D eigenvalue weighted by Crippen LogP contribution is 2.35.